The Kier molecular flexibility index (Phi) is 5.89. The van der Waals surface area contributed by atoms with E-state index in [-0.39, 0.29) is 6.04 Å². The van der Waals surface area contributed by atoms with Crippen molar-refractivity contribution in [3.05, 3.63) is 64.7 Å². The van der Waals surface area contributed by atoms with Gasteiger partial charge in [-0.1, -0.05) is 42.8 Å². The summed E-state index contributed by atoms with van der Waals surface area (Å²) in [6.07, 6.45) is 2.01. The van der Waals surface area contributed by atoms with Gasteiger partial charge in [0.2, 0.25) is 0 Å². The molecule has 0 radical (unpaired) electrons. The van der Waals surface area contributed by atoms with Gasteiger partial charge in [0.15, 0.2) is 0 Å². The fraction of sp³-hybridized carbons (Fsp3) is 0.368. The van der Waals surface area contributed by atoms with Crippen molar-refractivity contribution in [2.45, 2.75) is 50.3 Å². The Morgan fingerprint density at radius 2 is 1.90 bits per heavy atom. The zero-order valence-electron chi connectivity index (χ0n) is 13.2. The lowest BCUT2D eigenvalue weighted by Crippen LogP contribution is -2.21. The summed E-state index contributed by atoms with van der Waals surface area (Å²) < 4.78 is 0. The third kappa shape index (κ3) is 4.90. The molecule has 1 atom stereocenters. The van der Waals surface area contributed by atoms with Crippen LogP contribution < -0.4 is 5.73 Å². The van der Waals surface area contributed by atoms with E-state index in [0.717, 1.165) is 18.6 Å². The minimum atomic E-state index is 0.273. The second kappa shape index (κ2) is 7.67. The molecule has 0 saturated heterocycles. The number of rotatable bonds is 6. The quantitative estimate of drug-likeness (QED) is 0.770. The maximum absolute atomic E-state index is 6.06. The maximum Gasteiger partial charge on any atom is 0.0232 e. The number of nitrogens with two attached hydrogens (primary N) is 1. The maximum atomic E-state index is 6.06. The SMILES string of the molecule is CCC(N)Cc1ccc(SCc2cccc(C)c2)cc1C. The van der Waals surface area contributed by atoms with Crippen LogP contribution in [-0.2, 0) is 12.2 Å². The van der Waals surface area contributed by atoms with Gasteiger partial charge >= 0.3 is 0 Å². The van der Waals surface area contributed by atoms with Crippen molar-refractivity contribution in [3.8, 4) is 0 Å². The van der Waals surface area contributed by atoms with Crippen molar-refractivity contribution in [1.82, 2.24) is 0 Å². The number of aryl methyl sites for hydroxylation is 2. The monoisotopic (exact) mass is 299 g/mol. The van der Waals surface area contributed by atoms with Gasteiger partial charge in [-0.15, -0.1) is 11.8 Å². The van der Waals surface area contributed by atoms with Crippen LogP contribution in [-0.4, -0.2) is 6.04 Å². The topological polar surface area (TPSA) is 26.0 Å². The molecule has 2 rings (SSSR count). The summed E-state index contributed by atoms with van der Waals surface area (Å²) in [5, 5.41) is 0. The number of hydrogen-bond acceptors (Lipinski definition) is 2. The lowest BCUT2D eigenvalue weighted by atomic mass is 10.0. The average Bonchev–Trinajstić information content (AvgIpc) is 2.47. The summed E-state index contributed by atoms with van der Waals surface area (Å²) in [6, 6.07) is 15.8. The smallest absolute Gasteiger partial charge is 0.0232 e. The van der Waals surface area contributed by atoms with Gasteiger partial charge in [-0.2, -0.15) is 0 Å². The summed E-state index contributed by atoms with van der Waals surface area (Å²) in [4.78, 5) is 1.34. The molecule has 1 unspecified atom stereocenters. The highest BCUT2D eigenvalue weighted by Crippen LogP contribution is 2.25. The molecular weight excluding hydrogens is 274 g/mol. The van der Waals surface area contributed by atoms with Gasteiger partial charge in [-0.3, -0.25) is 0 Å². The average molecular weight is 299 g/mol. The Morgan fingerprint density at radius 3 is 2.57 bits per heavy atom. The highest BCUT2D eigenvalue weighted by Gasteiger charge is 2.06. The first-order chi connectivity index (χ1) is 10.1. The standard InChI is InChI=1S/C19H25NS/c1-4-18(20)12-17-8-9-19(11-15(17)3)21-13-16-7-5-6-14(2)10-16/h5-11,18H,4,12-13,20H2,1-3H3. The Bertz CT molecular complexity index is 592. The van der Waals surface area contributed by atoms with Gasteiger partial charge < -0.3 is 5.73 Å². The molecular formula is C19H25NS. The zero-order chi connectivity index (χ0) is 15.2. The Labute approximate surface area is 133 Å². The van der Waals surface area contributed by atoms with E-state index in [2.05, 4.69) is 63.2 Å². The van der Waals surface area contributed by atoms with E-state index in [9.17, 15) is 0 Å². The first-order valence-corrected chi connectivity index (χ1v) is 8.60. The second-order valence-corrected chi connectivity index (χ2v) is 6.79. The molecule has 2 N–H and O–H groups in total. The zero-order valence-corrected chi connectivity index (χ0v) is 14.0. The van der Waals surface area contributed by atoms with Crippen LogP contribution in [0.4, 0.5) is 0 Å². The van der Waals surface area contributed by atoms with Crippen molar-refractivity contribution < 1.29 is 0 Å². The van der Waals surface area contributed by atoms with Crippen LogP contribution in [0.2, 0.25) is 0 Å². The lowest BCUT2D eigenvalue weighted by Gasteiger charge is -2.12. The Hall–Kier alpha value is -1.25. The van der Waals surface area contributed by atoms with Crippen LogP contribution in [0.25, 0.3) is 0 Å². The molecule has 0 aromatic heterocycles. The normalized spacial score (nSPS) is 12.4. The molecule has 112 valence electrons. The second-order valence-electron chi connectivity index (χ2n) is 5.74. The molecule has 0 aliphatic carbocycles. The van der Waals surface area contributed by atoms with E-state index in [1.165, 1.54) is 27.1 Å². The minimum absolute atomic E-state index is 0.273. The van der Waals surface area contributed by atoms with E-state index in [1.54, 1.807) is 0 Å². The van der Waals surface area contributed by atoms with Crippen LogP contribution in [0.5, 0.6) is 0 Å². The summed E-state index contributed by atoms with van der Waals surface area (Å²) in [5.74, 6) is 1.02. The summed E-state index contributed by atoms with van der Waals surface area (Å²) in [6.45, 7) is 6.48. The van der Waals surface area contributed by atoms with Crippen molar-refractivity contribution in [2.75, 3.05) is 0 Å². The molecule has 2 aromatic rings. The molecule has 0 spiro atoms. The van der Waals surface area contributed by atoms with Crippen molar-refractivity contribution in [2.24, 2.45) is 5.73 Å². The fourth-order valence-electron chi connectivity index (χ4n) is 2.38. The minimum Gasteiger partial charge on any atom is -0.327 e. The summed E-state index contributed by atoms with van der Waals surface area (Å²) in [5.41, 5.74) is 11.5. The molecule has 0 heterocycles. The molecule has 1 nitrogen and oxygen atoms in total. The van der Waals surface area contributed by atoms with Gasteiger partial charge in [-0.05, 0) is 55.5 Å². The van der Waals surface area contributed by atoms with E-state index in [4.69, 9.17) is 5.73 Å². The molecule has 2 aromatic carbocycles. The van der Waals surface area contributed by atoms with Gasteiger partial charge in [0.05, 0.1) is 0 Å². The third-order valence-corrected chi connectivity index (χ3v) is 4.87. The van der Waals surface area contributed by atoms with Gasteiger partial charge in [0, 0.05) is 16.7 Å². The fourth-order valence-corrected chi connectivity index (χ4v) is 3.32. The van der Waals surface area contributed by atoms with E-state index in [0.29, 0.717) is 0 Å². The van der Waals surface area contributed by atoms with Crippen molar-refractivity contribution in [3.63, 3.8) is 0 Å². The van der Waals surface area contributed by atoms with Crippen molar-refractivity contribution >= 4 is 11.8 Å². The molecule has 0 amide bonds. The van der Waals surface area contributed by atoms with Crippen molar-refractivity contribution in [1.29, 1.82) is 0 Å². The highest BCUT2D eigenvalue weighted by molar-refractivity contribution is 7.98. The largest absolute Gasteiger partial charge is 0.327 e. The molecule has 2 heteroatoms. The highest BCUT2D eigenvalue weighted by atomic mass is 32.2. The summed E-state index contributed by atoms with van der Waals surface area (Å²) >= 11 is 1.90. The lowest BCUT2D eigenvalue weighted by molar-refractivity contribution is 0.644. The number of hydrogen-bond donors (Lipinski definition) is 1. The summed E-state index contributed by atoms with van der Waals surface area (Å²) in [7, 11) is 0. The molecule has 0 aliphatic rings. The van der Waals surface area contributed by atoms with Gasteiger partial charge in [-0.25, -0.2) is 0 Å². The van der Waals surface area contributed by atoms with Crippen LogP contribution >= 0.6 is 11.8 Å². The Balaban J connectivity index is 2.00. The van der Waals surface area contributed by atoms with Crippen LogP contribution in [0.1, 0.15) is 35.6 Å². The van der Waals surface area contributed by atoms with Crippen LogP contribution in [0, 0.1) is 13.8 Å². The first-order valence-electron chi connectivity index (χ1n) is 7.62. The predicted octanol–water partition coefficient (Wildman–Crippen LogP) is 4.88. The number of thioether (sulfide) groups is 1. The van der Waals surface area contributed by atoms with Gasteiger partial charge in [0.25, 0.3) is 0 Å². The molecule has 0 bridgehead atoms. The van der Waals surface area contributed by atoms with E-state index >= 15 is 0 Å². The molecule has 21 heavy (non-hydrogen) atoms. The number of benzene rings is 2. The molecule has 0 aliphatic heterocycles. The first kappa shape index (κ1) is 16.1. The molecule has 0 fully saturated rings. The Morgan fingerprint density at radius 1 is 1.10 bits per heavy atom. The van der Waals surface area contributed by atoms with Crippen LogP contribution in [0.15, 0.2) is 47.4 Å². The van der Waals surface area contributed by atoms with E-state index < -0.39 is 0 Å². The van der Waals surface area contributed by atoms with Gasteiger partial charge in [0.1, 0.15) is 0 Å². The third-order valence-electron chi connectivity index (χ3n) is 3.81. The predicted molar refractivity (Wildman–Crippen MR) is 93.9 cm³/mol. The van der Waals surface area contributed by atoms with E-state index in [1.807, 2.05) is 11.8 Å². The molecule has 0 saturated carbocycles. The van der Waals surface area contributed by atoms with Crippen LogP contribution in [0.3, 0.4) is 0 Å².